The molecule has 39 heavy (non-hydrogen) atoms. The van der Waals surface area contributed by atoms with Crippen molar-refractivity contribution in [3.63, 3.8) is 0 Å². The van der Waals surface area contributed by atoms with E-state index in [0.29, 0.717) is 36.8 Å². The number of nitrogens with zero attached hydrogens (tertiary/aromatic N) is 3. The van der Waals surface area contributed by atoms with Crippen LogP contribution in [0, 0.1) is 6.92 Å². The van der Waals surface area contributed by atoms with Gasteiger partial charge in [0.05, 0.1) is 41.9 Å². The second-order valence-corrected chi connectivity index (χ2v) is 8.19. The Morgan fingerprint density at radius 2 is 1.64 bits per heavy atom. The van der Waals surface area contributed by atoms with Gasteiger partial charge in [0.15, 0.2) is 5.78 Å². The Labute approximate surface area is 241 Å². The number of pyridine rings is 1. The van der Waals surface area contributed by atoms with Crippen LogP contribution < -0.4 is 4.90 Å². The minimum atomic E-state index is -0.126. The summed E-state index contributed by atoms with van der Waals surface area (Å²) in [5, 5.41) is 0. The van der Waals surface area contributed by atoms with Crippen molar-refractivity contribution in [2.75, 3.05) is 38.8 Å². The molecule has 0 aliphatic heterocycles. The lowest BCUT2D eigenvalue weighted by Crippen LogP contribution is -2.35. The molecule has 0 spiro atoms. The Hall–Kier alpha value is -2.73. The first-order chi connectivity index (χ1) is 18.6. The van der Waals surface area contributed by atoms with Gasteiger partial charge in [-0.2, -0.15) is 0 Å². The van der Waals surface area contributed by atoms with Gasteiger partial charge in [0, 0.05) is 20.7 Å². The highest BCUT2D eigenvalue weighted by molar-refractivity contribution is 6.19. The monoisotopic (exact) mass is 545 g/mol. The lowest BCUT2D eigenvalue weighted by atomic mass is 10.0. The molecule has 0 saturated carbocycles. The van der Waals surface area contributed by atoms with Crippen molar-refractivity contribution in [3.05, 3.63) is 47.8 Å². The topological polar surface area (TPSA) is 64.0 Å². The third-order valence-corrected chi connectivity index (χ3v) is 5.35. The fraction of sp³-hybridized carbons (Fsp3) is 0.606. The molecular formula is C33H59N3O3. The molecular weight excluding hydrogens is 486 g/mol. The van der Waals surface area contributed by atoms with Crippen LogP contribution >= 0.6 is 0 Å². The summed E-state index contributed by atoms with van der Waals surface area (Å²) in [5.41, 5.74) is 5.36. The lowest BCUT2D eigenvalue weighted by molar-refractivity contribution is -0.113. The molecule has 0 saturated heterocycles. The molecule has 0 aliphatic carbocycles. The highest BCUT2D eigenvalue weighted by Gasteiger charge is 2.21. The number of aliphatic imine (C=N–C) groups is 1. The number of allylic oxidation sites excluding steroid dienone is 3. The predicted molar refractivity (Wildman–Crippen MR) is 174 cm³/mol. The Bertz CT molecular complexity index is 917. The molecule has 224 valence electrons. The van der Waals surface area contributed by atoms with Crippen LogP contribution in [-0.2, 0) is 14.3 Å². The van der Waals surface area contributed by atoms with E-state index in [1.54, 1.807) is 13.2 Å². The second kappa shape index (κ2) is 24.3. The van der Waals surface area contributed by atoms with Crippen molar-refractivity contribution in [2.24, 2.45) is 4.99 Å². The maximum atomic E-state index is 12.4. The number of aryl methyl sites for hydroxylation is 1. The van der Waals surface area contributed by atoms with Crippen LogP contribution in [0.3, 0.4) is 0 Å². The van der Waals surface area contributed by atoms with Crippen LogP contribution in [0.5, 0.6) is 0 Å². The summed E-state index contributed by atoms with van der Waals surface area (Å²) in [6, 6.07) is 2.32. The van der Waals surface area contributed by atoms with Gasteiger partial charge >= 0.3 is 0 Å². The van der Waals surface area contributed by atoms with Crippen molar-refractivity contribution in [1.82, 2.24) is 4.98 Å². The molecule has 1 unspecified atom stereocenters. The van der Waals surface area contributed by atoms with Gasteiger partial charge in [-0.05, 0) is 69.4 Å². The summed E-state index contributed by atoms with van der Waals surface area (Å²) in [4.78, 5) is 24.0. The molecule has 6 heteroatoms. The molecule has 0 fully saturated rings. The van der Waals surface area contributed by atoms with Gasteiger partial charge in [0.1, 0.15) is 0 Å². The predicted octanol–water partition coefficient (Wildman–Crippen LogP) is 8.74. The highest BCUT2D eigenvalue weighted by Crippen LogP contribution is 2.31. The summed E-state index contributed by atoms with van der Waals surface area (Å²) in [6.07, 6.45) is 3.53. The molecule has 0 aromatic carbocycles. The minimum Gasteiger partial charge on any atom is -0.478 e. The number of anilines is 1. The second-order valence-electron chi connectivity index (χ2n) is 8.19. The van der Waals surface area contributed by atoms with Gasteiger partial charge < -0.3 is 14.4 Å². The number of rotatable bonds is 13. The molecule has 0 bridgehead atoms. The van der Waals surface area contributed by atoms with Gasteiger partial charge in [-0.1, -0.05) is 68.5 Å². The molecule has 1 aromatic heterocycles. The average Bonchev–Trinajstić information content (AvgIpc) is 2.95. The fourth-order valence-corrected chi connectivity index (χ4v) is 3.51. The molecule has 0 radical (unpaired) electrons. The fourth-order valence-electron chi connectivity index (χ4n) is 3.51. The number of hydrogen-bond donors (Lipinski definition) is 0. The maximum absolute atomic E-state index is 12.4. The minimum absolute atomic E-state index is 0.126. The largest absolute Gasteiger partial charge is 0.478 e. The Balaban J connectivity index is -0.00000201. The smallest absolute Gasteiger partial charge is 0.219 e. The van der Waals surface area contributed by atoms with Gasteiger partial charge in [0.25, 0.3) is 0 Å². The SMILES string of the molecule is C=C(/C=C(/C(C)=O)C(=NCCC)OCC)c1nc(C(=C)C)c(N(C)C(CC)COC)cc1C.CC.CC.CC. The van der Waals surface area contributed by atoms with E-state index in [4.69, 9.17) is 14.5 Å². The quantitative estimate of drug-likeness (QED) is 0.107. The number of ether oxygens (including phenoxy) is 2. The number of carbonyl (C=O) groups excluding carboxylic acids is 1. The number of hydrogen-bond acceptors (Lipinski definition) is 6. The zero-order valence-electron chi connectivity index (χ0n) is 27.7. The third kappa shape index (κ3) is 13.8. The van der Waals surface area contributed by atoms with Crippen LogP contribution in [0.25, 0.3) is 11.1 Å². The summed E-state index contributed by atoms with van der Waals surface area (Å²) in [7, 11) is 3.77. The summed E-state index contributed by atoms with van der Waals surface area (Å²) >= 11 is 0. The average molecular weight is 546 g/mol. The Kier molecular flexibility index (Phi) is 25.4. The van der Waals surface area contributed by atoms with Crippen LogP contribution in [0.15, 0.2) is 35.9 Å². The van der Waals surface area contributed by atoms with Gasteiger partial charge in [0.2, 0.25) is 5.90 Å². The van der Waals surface area contributed by atoms with E-state index < -0.39 is 0 Å². The standard InChI is InChI=1S/C27H41N3O3.3C2H6/c1-11-14-28-27(33-13-3)23(21(8)31)15-19(6)26-20(7)16-24(25(29-26)18(4)5)30(9)22(12-2)17-32-10;3*1-2/h15-16,22H,4,6,11-14,17H2,1-3,5,7-10H3;3*1-2H3/b23-15-,28-27?;;;. The number of ketones is 1. The molecule has 1 atom stereocenters. The van der Waals surface area contributed by atoms with Gasteiger partial charge in [-0.25, -0.2) is 4.98 Å². The van der Waals surface area contributed by atoms with Crippen LogP contribution in [0.2, 0.25) is 0 Å². The van der Waals surface area contributed by atoms with Crippen molar-refractivity contribution in [3.8, 4) is 0 Å². The molecule has 6 nitrogen and oxygen atoms in total. The molecule has 0 amide bonds. The van der Waals surface area contributed by atoms with E-state index in [2.05, 4.69) is 43.1 Å². The van der Waals surface area contributed by atoms with E-state index in [1.807, 2.05) is 69.2 Å². The van der Waals surface area contributed by atoms with Gasteiger partial charge in [-0.15, -0.1) is 0 Å². The molecule has 0 N–H and O–H groups in total. The number of carbonyl (C=O) groups is 1. The first-order valence-corrected chi connectivity index (χ1v) is 14.6. The summed E-state index contributed by atoms with van der Waals surface area (Å²) < 4.78 is 11.1. The van der Waals surface area contributed by atoms with Gasteiger partial charge in [-0.3, -0.25) is 9.79 Å². The van der Waals surface area contributed by atoms with E-state index in [9.17, 15) is 4.79 Å². The van der Waals surface area contributed by atoms with E-state index >= 15 is 0 Å². The summed E-state index contributed by atoms with van der Waals surface area (Å²) in [5.74, 6) is 0.228. The first kappa shape index (κ1) is 40.8. The van der Waals surface area contributed by atoms with E-state index in [-0.39, 0.29) is 11.8 Å². The maximum Gasteiger partial charge on any atom is 0.219 e. The zero-order chi connectivity index (χ0) is 31.1. The highest BCUT2D eigenvalue weighted by atomic mass is 16.5. The van der Waals surface area contributed by atoms with Crippen molar-refractivity contribution < 1.29 is 14.3 Å². The van der Waals surface area contributed by atoms with Crippen molar-refractivity contribution in [1.29, 1.82) is 0 Å². The number of methoxy groups -OCH3 is 1. The van der Waals surface area contributed by atoms with Crippen LogP contribution in [-0.4, -0.2) is 56.6 Å². The lowest BCUT2D eigenvalue weighted by Gasteiger charge is -2.31. The molecule has 1 heterocycles. The van der Waals surface area contributed by atoms with Crippen molar-refractivity contribution in [2.45, 2.75) is 102 Å². The van der Waals surface area contributed by atoms with Crippen LogP contribution in [0.4, 0.5) is 5.69 Å². The normalized spacial score (nSPS) is 11.4. The Morgan fingerprint density at radius 1 is 1.08 bits per heavy atom. The summed E-state index contributed by atoms with van der Waals surface area (Å²) in [6.45, 7) is 33.5. The first-order valence-electron chi connectivity index (χ1n) is 14.6. The Morgan fingerprint density at radius 3 is 2.05 bits per heavy atom. The third-order valence-electron chi connectivity index (χ3n) is 5.35. The molecule has 1 aromatic rings. The molecule has 0 aliphatic rings. The number of aromatic nitrogens is 1. The van der Waals surface area contributed by atoms with E-state index in [0.717, 1.165) is 41.1 Å². The van der Waals surface area contributed by atoms with Crippen LogP contribution in [0.1, 0.15) is 106 Å². The molecule has 1 rings (SSSR count). The zero-order valence-corrected chi connectivity index (χ0v) is 27.7. The van der Waals surface area contributed by atoms with E-state index in [1.165, 1.54) is 6.92 Å². The van der Waals surface area contributed by atoms with Crippen molar-refractivity contribution >= 4 is 28.5 Å². The number of likely N-dealkylation sites (N-methyl/N-ethyl adjacent to an activating group) is 1. The number of Topliss-reactive ketones (excluding diaryl/α,β-unsaturated/α-hetero) is 1.